The Bertz CT molecular complexity index is 293. The minimum Gasteiger partial charge on any atom is -0.376 e. The number of nitrogens with two attached hydrogens (primary N) is 1. The van der Waals surface area contributed by atoms with E-state index in [9.17, 15) is 0 Å². The van der Waals surface area contributed by atoms with Gasteiger partial charge in [-0.3, -0.25) is 4.68 Å². The molecule has 2 rings (SSSR count). The molecule has 2 N–H and O–H groups in total. The second kappa shape index (κ2) is 2.88. The zero-order valence-corrected chi connectivity index (χ0v) is 7.21. The highest BCUT2D eigenvalue weighted by Crippen LogP contribution is 2.18. The molecule has 0 fully saturated rings. The van der Waals surface area contributed by atoms with E-state index in [1.54, 1.807) is 0 Å². The third kappa shape index (κ3) is 1.04. The molecule has 0 amide bonds. The molecule has 1 aromatic heterocycles. The molecule has 1 aliphatic heterocycles. The molecule has 12 heavy (non-hydrogen) atoms. The molecule has 0 spiro atoms. The highest BCUT2D eigenvalue weighted by Gasteiger charge is 2.17. The van der Waals surface area contributed by atoms with Crippen LogP contribution in [0.4, 0.5) is 0 Å². The van der Waals surface area contributed by atoms with Crippen LogP contribution in [0.2, 0.25) is 0 Å². The molecule has 0 bridgehead atoms. The molecule has 0 radical (unpaired) electrons. The number of aryl methyl sites for hydroxylation is 1. The SMILES string of the molecule is Cn1nc2c(c1CN)COCC2. The van der Waals surface area contributed by atoms with Crippen LogP contribution in [-0.4, -0.2) is 16.4 Å². The van der Waals surface area contributed by atoms with Gasteiger partial charge in [0.05, 0.1) is 24.6 Å². The molecular formula is C8H13N3O. The lowest BCUT2D eigenvalue weighted by atomic mass is 10.1. The molecule has 2 heterocycles. The van der Waals surface area contributed by atoms with E-state index in [-0.39, 0.29) is 0 Å². The Kier molecular flexibility index (Phi) is 1.86. The molecule has 0 saturated carbocycles. The number of ether oxygens (including phenoxy) is 1. The Morgan fingerprint density at radius 1 is 1.67 bits per heavy atom. The second-order valence-electron chi connectivity index (χ2n) is 3.00. The van der Waals surface area contributed by atoms with Crippen LogP contribution in [0.15, 0.2) is 0 Å². The van der Waals surface area contributed by atoms with Crippen molar-refractivity contribution in [3.63, 3.8) is 0 Å². The average Bonchev–Trinajstić information content (AvgIpc) is 2.40. The van der Waals surface area contributed by atoms with Crippen LogP contribution in [0.25, 0.3) is 0 Å². The number of hydrogen-bond donors (Lipinski definition) is 1. The van der Waals surface area contributed by atoms with E-state index in [0.717, 1.165) is 24.4 Å². The van der Waals surface area contributed by atoms with E-state index in [4.69, 9.17) is 10.5 Å². The zero-order valence-electron chi connectivity index (χ0n) is 7.21. The number of nitrogens with zero attached hydrogens (tertiary/aromatic N) is 2. The van der Waals surface area contributed by atoms with Gasteiger partial charge in [0, 0.05) is 25.6 Å². The Balaban J connectivity index is 2.46. The summed E-state index contributed by atoms with van der Waals surface area (Å²) < 4.78 is 7.20. The highest BCUT2D eigenvalue weighted by atomic mass is 16.5. The van der Waals surface area contributed by atoms with Crippen LogP contribution in [0, 0.1) is 0 Å². The van der Waals surface area contributed by atoms with E-state index >= 15 is 0 Å². The summed E-state index contributed by atoms with van der Waals surface area (Å²) in [6.45, 7) is 2.01. The largest absolute Gasteiger partial charge is 0.376 e. The lowest BCUT2D eigenvalue weighted by molar-refractivity contribution is 0.109. The molecule has 1 aliphatic rings. The molecule has 1 aromatic rings. The summed E-state index contributed by atoms with van der Waals surface area (Å²) in [6.07, 6.45) is 0.920. The lowest BCUT2D eigenvalue weighted by Crippen LogP contribution is -2.11. The summed E-state index contributed by atoms with van der Waals surface area (Å²) in [5.41, 5.74) is 9.06. The predicted octanol–water partition coefficient (Wildman–Crippen LogP) is -0.0485. The van der Waals surface area contributed by atoms with E-state index in [1.807, 2.05) is 11.7 Å². The molecule has 4 heteroatoms. The molecule has 0 unspecified atom stereocenters. The van der Waals surface area contributed by atoms with Crippen molar-refractivity contribution < 1.29 is 4.74 Å². The predicted molar refractivity (Wildman–Crippen MR) is 44.5 cm³/mol. The van der Waals surface area contributed by atoms with Crippen LogP contribution in [0.3, 0.4) is 0 Å². The first kappa shape index (κ1) is 7.76. The Morgan fingerprint density at radius 3 is 3.25 bits per heavy atom. The molecular weight excluding hydrogens is 154 g/mol. The van der Waals surface area contributed by atoms with Crippen LogP contribution in [0.5, 0.6) is 0 Å². The molecule has 0 aliphatic carbocycles. The van der Waals surface area contributed by atoms with Gasteiger partial charge in [-0.25, -0.2) is 0 Å². The maximum Gasteiger partial charge on any atom is 0.0753 e. The maximum atomic E-state index is 5.60. The first-order valence-corrected chi connectivity index (χ1v) is 4.14. The average molecular weight is 167 g/mol. The minimum absolute atomic E-state index is 0.544. The fraction of sp³-hybridized carbons (Fsp3) is 0.625. The van der Waals surface area contributed by atoms with E-state index in [1.165, 1.54) is 5.56 Å². The molecule has 66 valence electrons. The van der Waals surface area contributed by atoms with Crippen molar-refractivity contribution in [2.75, 3.05) is 6.61 Å². The van der Waals surface area contributed by atoms with Crippen molar-refractivity contribution in [3.8, 4) is 0 Å². The summed E-state index contributed by atoms with van der Waals surface area (Å²) in [4.78, 5) is 0. The smallest absolute Gasteiger partial charge is 0.0753 e. The quantitative estimate of drug-likeness (QED) is 0.638. The van der Waals surface area contributed by atoms with Gasteiger partial charge in [0.25, 0.3) is 0 Å². The van der Waals surface area contributed by atoms with Gasteiger partial charge >= 0.3 is 0 Å². The van der Waals surface area contributed by atoms with Gasteiger partial charge in [0.2, 0.25) is 0 Å². The van der Waals surface area contributed by atoms with Gasteiger partial charge in [-0.1, -0.05) is 0 Å². The van der Waals surface area contributed by atoms with Gasteiger partial charge in [0.1, 0.15) is 0 Å². The summed E-state index contributed by atoms with van der Waals surface area (Å²) in [7, 11) is 1.93. The summed E-state index contributed by atoms with van der Waals surface area (Å²) in [5, 5.41) is 4.38. The summed E-state index contributed by atoms with van der Waals surface area (Å²) in [6, 6.07) is 0. The monoisotopic (exact) mass is 167 g/mol. The zero-order chi connectivity index (χ0) is 8.55. The highest BCUT2D eigenvalue weighted by molar-refractivity contribution is 5.27. The van der Waals surface area contributed by atoms with Crippen LogP contribution < -0.4 is 5.73 Å². The first-order valence-electron chi connectivity index (χ1n) is 4.14. The molecule has 0 atom stereocenters. The minimum atomic E-state index is 0.544. The van der Waals surface area contributed by atoms with Gasteiger partial charge in [-0.05, 0) is 0 Å². The second-order valence-corrected chi connectivity index (χ2v) is 3.00. The summed E-state index contributed by atoms with van der Waals surface area (Å²) >= 11 is 0. The van der Waals surface area contributed by atoms with Crippen molar-refractivity contribution >= 4 is 0 Å². The first-order chi connectivity index (χ1) is 5.83. The van der Waals surface area contributed by atoms with Crippen LogP contribution in [-0.2, 0) is 31.4 Å². The van der Waals surface area contributed by atoms with E-state index < -0.39 is 0 Å². The van der Waals surface area contributed by atoms with Gasteiger partial charge in [-0.15, -0.1) is 0 Å². The Morgan fingerprint density at radius 2 is 2.50 bits per heavy atom. The van der Waals surface area contributed by atoms with Gasteiger partial charge in [0.15, 0.2) is 0 Å². The normalized spacial score (nSPS) is 16.2. The van der Waals surface area contributed by atoms with E-state index in [2.05, 4.69) is 5.10 Å². The van der Waals surface area contributed by atoms with Crippen molar-refractivity contribution in [2.45, 2.75) is 19.6 Å². The third-order valence-electron chi connectivity index (χ3n) is 2.28. The van der Waals surface area contributed by atoms with Gasteiger partial charge < -0.3 is 10.5 Å². The lowest BCUT2D eigenvalue weighted by Gasteiger charge is -2.11. The molecule has 0 aromatic carbocycles. The third-order valence-corrected chi connectivity index (χ3v) is 2.28. The summed E-state index contributed by atoms with van der Waals surface area (Å²) in [5.74, 6) is 0. The van der Waals surface area contributed by atoms with Gasteiger partial charge in [-0.2, -0.15) is 5.10 Å². The fourth-order valence-corrected chi connectivity index (χ4v) is 1.63. The van der Waals surface area contributed by atoms with Crippen LogP contribution in [0.1, 0.15) is 17.0 Å². The van der Waals surface area contributed by atoms with Crippen molar-refractivity contribution in [1.29, 1.82) is 0 Å². The van der Waals surface area contributed by atoms with Crippen molar-refractivity contribution in [1.82, 2.24) is 9.78 Å². The number of hydrogen-bond acceptors (Lipinski definition) is 3. The molecule has 4 nitrogen and oxygen atoms in total. The fourth-order valence-electron chi connectivity index (χ4n) is 1.63. The number of fused-ring (bicyclic) bond motifs is 1. The Hall–Kier alpha value is -0.870. The Labute approximate surface area is 71.3 Å². The van der Waals surface area contributed by atoms with Crippen molar-refractivity contribution in [3.05, 3.63) is 17.0 Å². The van der Waals surface area contributed by atoms with E-state index in [0.29, 0.717) is 13.2 Å². The van der Waals surface area contributed by atoms with Crippen LogP contribution >= 0.6 is 0 Å². The topological polar surface area (TPSA) is 53.1 Å². The maximum absolute atomic E-state index is 5.60. The van der Waals surface area contributed by atoms with Crippen molar-refractivity contribution in [2.24, 2.45) is 12.8 Å². The standard InChI is InChI=1S/C8H13N3O/c1-11-8(4-9)6-5-12-3-2-7(6)10-11/h2-5,9H2,1H3. The number of rotatable bonds is 1. The molecule has 0 saturated heterocycles. The number of aromatic nitrogens is 2.